The smallest absolute Gasteiger partial charge is 0.115 e. The molecule has 112 valence electrons. The number of phenols is 2. The van der Waals surface area contributed by atoms with Crippen LogP contribution in [0.25, 0.3) is 0 Å². The molecule has 0 aliphatic rings. The van der Waals surface area contributed by atoms with E-state index in [-0.39, 0.29) is 16.1 Å². The Kier molecular flexibility index (Phi) is 6.25. The van der Waals surface area contributed by atoms with Crippen LogP contribution >= 0.6 is 23.5 Å². The molecule has 0 spiro atoms. The maximum Gasteiger partial charge on any atom is 0.115 e. The first-order chi connectivity index (χ1) is 10.2. The molecule has 2 aromatic carbocycles. The summed E-state index contributed by atoms with van der Waals surface area (Å²) in [5, 5.41) is 18.6. The molecule has 0 atom stereocenters. The summed E-state index contributed by atoms with van der Waals surface area (Å²) < 4.78 is 0.0824. The predicted octanol–water partition coefficient (Wildman–Crippen LogP) is 3.89. The number of rotatable bonds is 7. The number of phenolic OH excluding ortho intramolecular Hbond substituents is 2. The molecular formula is C15H16O4S2. The van der Waals surface area contributed by atoms with Gasteiger partial charge in [-0.15, -0.1) is 23.5 Å². The molecule has 6 heteroatoms. The van der Waals surface area contributed by atoms with E-state index in [1.807, 2.05) is 24.3 Å². The molecule has 0 radical (unpaired) electrons. The van der Waals surface area contributed by atoms with E-state index in [9.17, 15) is 10.2 Å². The average Bonchev–Trinajstić information content (AvgIpc) is 2.49. The lowest BCUT2D eigenvalue weighted by atomic mass is 10.3. The molecular weight excluding hydrogens is 308 g/mol. The van der Waals surface area contributed by atoms with Crippen molar-refractivity contribution in [1.29, 1.82) is 0 Å². The zero-order valence-corrected chi connectivity index (χ0v) is 13.1. The van der Waals surface area contributed by atoms with E-state index in [0.717, 1.165) is 9.79 Å². The van der Waals surface area contributed by atoms with Gasteiger partial charge in [0.15, 0.2) is 0 Å². The third-order valence-corrected chi connectivity index (χ3v) is 4.99. The molecule has 0 aliphatic heterocycles. The highest BCUT2D eigenvalue weighted by Crippen LogP contribution is 2.36. The molecule has 0 amide bonds. The number of benzene rings is 2. The molecule has 0 fully saturated rings. The van der Waals surface area contributed by atoms with Crippen LogP contribution in [-0.2, 0) is 9.78 Å². The van der Waals surface area contributed by atoms with Crippen LogP contribution < -0.4 is 0 Å². The fourth-order valence-corrected chi connectivity index (χ4v) is 3.87. The van der Waals surface area contributed by atoms with Gasteiger partial charge >= 0.3 is 0 Å². The second-order valence-corrected chi connectivity index (χ2v) is 6.95. The van der Waals surface area contributed by atoms with Gasteiger partial charge < -0.3 is 10.2 Å². The molecule has 2 aromatic rings. The van der Waals surface area contributed by atoms with Crippen LogP contribution in [0.1, 0.15) is 0 Å². The summed E-state index contributed by atoms with van der Waals surface area (Å²) in [4.78, 5) is 11.8. The van der Waals surface area contributed by atoms with Crippen molar-refractivity contribution >= 4 is 23.5 Å². The summed E-state index contributed by atoms with van der Waals surface area (Å²) in [5.74, 6) is 0.491. The summed E-state index contributed by atoms with van der Waals surface area (Å²) in [6.07, 6.45) is 0. The van der Waals surface area contributed by atoms with Crippen molar-refractivity contribution in [2.24, 2.45) is 0 Å². The SMILES string of the molecule is COOCC(Sc1ccc(O)cc1)Sc1ccc(O)cc1. The van der Waals surface area contributed by atoms with Crippen LogP contribution in [0.2, 0.25) is 0 Å². The summed E-state index contributed by atoms with van der Waals surface area (Å²) in [6, 6.07) is 14.1. The van der Waals surface area contributed by atoms with E-state index in [4.69, 9.17) is 4.89 Å². The van der Waals surface area contributed by atoms with Gasteiger partial charge in [-0.2, -0.15) is 0 Å². The van der Waals surface area contributed by atoms with E-state index in [1.54, 1.807) is 47.8 Å². The summed E-state index contributed by atoms with van der Waals surface area (Å²) in [7, 11) is 1.48. The first kappa shape index (κ1) is 16.0. The molecule has 0 bridgehead atoms. The average molecular weight is 324 g/mol. The lowest BCUT2D eigenvalue weighted by molar-refractivity contribution is -0.268. The Morgan fingerprint density at radius 1 is 0.857 bits per heavy atom. The fourth-order valence-electron chi connectivity index (χ4n) is 1.57. The molecule has 0 heterocycles. The van der Waals surface area contributed by atoms with Gasteiger partial charge in [-0.05, 0) is 48.5 Å². The molecule has 0 unspecified atom stereocenters. The standard InChI is InChI=1S/C15H16O4S2/c1-18-19-10-15(20-13-6-2-11(16)3-7-13)21-14-8-4-12(17)5-9-14/h2-9,15-17H,10H2,1H3. The summed E-state index contributed by atoms with van der Waals surface area (Å²) in [6.45, 7) is 0.410. The first-order valence-electron chi connectivity index (χ1n) is 6.24. The number of hydrogen-bond acceptors (Lipinski definition) is 6. The highest BCUT2D eigenvalue weighted by Gasteiger charge is 2.13. The van der Waals surface area contributed by atoms with Crippen LogP contribution in [0, 0.1) is 0 Å². The Bertz CT molecular complexity index is 495. The maximum absolute atomic E-state index is 9.31. The van der Waals surface area contributed by atoms with Gasteiger partial charge in [0.05, 0.1) is 11.7 Å². The van der Waals surface area contributed by atoms with Crippen LogP contribution in [0.5, 0.6) is 11.5 Å². The first-order valence-corrected chi connectivity index (χ1v) is 8.00. The molecule has 0 saturated carbocycles. The molecule has 21 heavy (non-hydrogen) atoms. The second kappa shape index (κ2) is 8.19. The fraction of sp³-hybridized carbons (Fsp3) is 0.200. The largest absolute Gasteiger partial charge is 0.508 e. The zero-order valence-electron chi connectivity index (χ0n) is 11.4. The lowest BCUT2D eigenvalue weighted by Gasteiger charge is -2.15. The predicted molar refractivity (Wildman–Crippen MR) is 84.7 cm³/mol. The van der Waals surface area contributed by atoms with Crippen LogP contribution in [0.4, 0.5) is 0 Å². The monoisotopic (exact) mass is 324 g/mol. The normalized spacial score (nSPS) is 11.0. The summed E-state index contributed by atoms with van der Waals surface area (Å²) in [5.41, 5.74) is 0. The number of hydrogen-bond donors (Lipinski definition) is 2. The van der Waals surface area contributed by atoms with E-state index in [0.29, 0.717) is 6.61 Å². The van der Waals surface area contributed by atoms with Crippen LogP contribution in [-0.4, -0.2) is 28.5 Å². The van der Waals surface area contributed by atoms with Crippen molar-refractivity contribution in [2.75, 3.05) is 13.7 Å². The second-order valence-electron chi connectivity index (χ2n) is 4.10. The minimum Gasteiger partial charge on any atom is -0.508 e. The Morgan fingerprint density at radius 2 is 1.29 bits per heavy atom. The van der Waals surface area contributed by atoms with Crippen LogP contribution in [0.3, 0.4) is 0 Å². The van der Waals surface area contributed by atoms with Crippen molar-refractivity contribution in [1.82, 2.24) is 0 Å². The summed E-state index contributed by atoms with van der Waals surface area (Å²) >= 11 is 3.24. The van der Waals surface area contributed by atoms with Crippen molar-refractivity contribution in [2.45, 2.75) is 14.4 Å². The van der Waals surface area contributed by atoms with Gasteiger partial charge in [0, 0.05) is 9.79 Å². The number of aromatic hydroxyl groups is 2. The van der Waals surface area contributed by atoms with Gasteiger partial charge in [-0.3, -0.25) is 0 Å². The van der Waals surface area contributed by atoms with Crippen molar-refractivity contribution in [3.05, 3.63) is 48.5 Å². The van der Waals surface area contributed by atoms with E-state index in [1.165, 1.54) is 7.11 Å². The number of thioether (sulfide) groups is 2. The molecule has 2 N–H and O–H groups in total. The van der Waals surface area contributed by atoms with E-state index < -0.39 is 0 Å². The Balaban J connectivity index is 2.02. The highest BCUT2D eigenvalue weighted by molar-refractivity contribution is 8.17. The third-order valence-electron chi connectivity index (χ3n) is 2.53. The molecule has 0 aromatic heterocycles. The Labute approximate surface area is 132 Å². The van der Waals surface area contributed by atoms with Crippen molar-refractivity contribution < 1.29 is 20.0 Å². The van der Waals surface area contributed by atoms with E-state index >= 15 is 0 Å². The Hall–Kier alpha value is -1.34. The van der Waals surface area contributed by atoms with Gasteiger partial charge in [-0.1, -0.05) is 0 Å². The molecule has 0 saturated heterocycles. The van der Waals surface area contributed by atoms with Gasteiger partial charge in [-0.25, -0.2) is 9.78 Å². The quantitative estimate of drug-likeness (QED) is 0.349. The molecule has 2 rings (SSSR count). The van der Waals surface area contributed by atoms with Crippen molar-refractivity contribution in [3.63, 3.8) is 0 Å². The minimum atomic E-state index is 0.0824. The van der Waals surface area contributed by atoms with Crippen molar-refractivity contribution in [3.8, 4) is 11.5 Å². The molecule has 0 aliphatic carbocycles. The maximum atomic E-state index is 9.31. The van der Waals surface area contributed by atoms with Gasteiger partial charge in [0.1, 0.15) is 18.1 Å². The minimum absolute atomic E-state index is 0.0824. The highest BCUT2D eigenvalue weighted by atomic mass is 32.2. The van der Waals surface area contributed by atoms with E-state index in [2.05, 4.69) is 4.89 Å². The zero-order chi connectivity index (χ0) is 15.1. The van der Waals surface area contributed by atoms with Gasteiger partial charge in [0.2, 0.25) is 0 Å². The van der Waals surface area contributed by atoms with Crippen LogP contribution in [0.15, 0.2) is 58.3 Å². The molecule has 4 nitrogen and oxygen atoms in total. The Morgan fingerprint density at radius 3 is 1.67 bits per heavy atom. The third kappa shape index (κ3) is 5.51. The van der Waals surface area contributed by atoms with Gasteiger partial charge in [0.25, 0.3) is 0 Å². The lowest BCUT2D eigenvalue weighted by Crippen LogP contribution is -2.07. The topological polar surface area (TPSA) is 58.9 Å².